The van der Waals surface area contributed by atoms with Gasteiger partial charge in [-0.05, 0) is 24.3 Å². The Kier molecular flexibility index (Phi) is 4.79. The Morgan fingerprint density at radius 2 is 1.68 bits per heavy atom. The summed E-state index contributed by atoms with van der Waals surface area (Å²) in [5.74, 6) is -0.675. The molecule has 0 radical (unpaired) electrons. The van der Waals surface area contributed by atoms with Gasteiger partial charge in [0.05, 0.1) is 6.26 Å². The van der Waals surface area contributed by atoms with E-state index in [2.05, 4.69) is 5.10 Å². The first-order valence-corrected chi connectivity index (χ1v) is 8.86. The van der Waals surface area contributed by atoms with Gasteiger partial charge in [-0.3, -0.25) is 9.59 Å². The van der Waals surface area contributed by atoms with E-state index in [1.54, 1.807) is 34.1 Å². The molecule has 1 saturated heterocycles. The van der Waals surface area contributed by atoms with Crippen molar-refractivity contribution in [2.45, 2.75) is 6.54 Å². The van der Waals surface area contributed by atoms with Crippen molar-refractivity contribution in [1.82, 2.24) is 19.6 Å². The Hall–Kier alpha value is -3.62. The molecular weight excluding hydrogens is 364 g/mol. The number of benzene rings is 1. The standard InChI is InChI=1S/C19H18N4O5/c24-16(13-23-19(26)28-17(20-23)14-5-2-1-3-6-14)21-8-10-22(11-9-21)18(25)15-7-4-12-27-15/h1-7,12H,8-11,13H2. The van der Waals surface area contributed by atoms with Gasteiger partial charge in [0.2, 0.25) is 11.8 Å². The van der Waals surface area contributed by atoms with Crippen LogP contribution in [0.5, 0.6) is 0 Å². The van der Waals surface area contributed by atoms with Crippen molar-refractivity contribution < 1.29 is 18.4 Å². The van der Waals surface area contributed by atoms with Crippen LogP contribution in [0.1, 0.15) is 10.6 Å². The minimum atomic E-state index is -0.682. The molecule has 0 atom stereocenters. The van der Waals surface area contributed by atoms with E-state index in [0.717, 1.165) is 4.68 Å². The van der Waals surface area contributed by atoms with E-state index >= 15 is 0 Å². The fraction of sp³-hybridized carbons (Fsp3) is 0.263. The van der Waals surface area contributed by atoms with Crippen molar-refractivity contribution in [2.24, 2.45) is 0 Å². The zero-order chi connectivity index (χ0) is 19.5. The van der Waals surface area contributed by atoms with Gasteiger partial charge in [-0.2, -0.15) is 4.68 Å². The maximum Gasteiger partial charge on any atom is 0.437 e. The Morgan fingerprint density at radius 3 is 2.36 bits per heavy atom. The van der Waals surface area contributed by atoms with Crippen LogP contribution in [0.4, 0.5) is 0 Å². The summed E-state index contributed by atoms with van der Waals surface area (Å²) in [4.78, 5) is 40.1. The molecule has 2 aromatic heterocycles. The summed E-state index contributed by atoms with van der Waals surface area (Å²) in [5.41, 5.74) is 0.663. The van der Waals surface area contributed by atoms with Gasteiger partial charge in [-0.15, -0.1) is 5.10 Å². The molecule has 144 valence electrons. The van der Waals surface area contributed by atoms with Gasteiger partial charge in [-0.1, -0.05) is 18.2 Å². The summed E-state index contributed by atoms with van der Waals surface area (Å²) >= 11 is 0. The first kappa shape index (κ1) is 17.8. The van der Waals surface area contributed by atoms with E-state index in [-0.39, 0.29) is 30.0 Å². The predicted octanol–water partition coefficient (Wildman–Crippen LogP) is 1.08. The second-order valence-corrected chi connectivity index (χ2v) is 6.35. The Balaban J connectivity index is 1.37. The molecule has 3 aromatic rings. The Bertz CT molecular complexity index is 1010. The third-order valence-corrected chi connectivity index (χ3v) is 4.56. The van der Waals surface area contributed by atoms with Crippen LogP contribution in [0, 0.1) is 0 Å². The van der Waals surface area contributed by atoms with Crippen molar-refractivity contribution in [1.29, 1.82) is 0 Å². The number of amides is 2. The highest BCUT2D eigenvalue weighted by Gasteiger charge is 2.26. The topological polar surface area (TPSA) is 102 Å². The molecule has 2 amide bonds. The van der Waals surface area contributed by atoms with Gasteiger partial charge in [0, 0.05) is 31.7 Å². The zero-order valence-electron chi connectivity index (χ0n) is 15.0. The fourth-order valence-electron chi connectivity index (χ4n) is 3.05. The average molecular weight is 382 g/mol. The van der Waals surface area contributed by atoms with Crippen molar-refractivity contribution in [2.75, 3.05) is 26.2 Å². The quantitative estimate of drug-likeness (QED) is 0.669. The molecule has 1 aliphatic rings. The van der Waals surface area contributed by atoms with Gasteiger partial charge in [0.1, 0.15) is 6.54 Å². The highest BCUT2D eigenvalue weighted by atomic mass is 16.4. The zero-order valence-corrected chi connectivity index (χ0v) is 15.0. The Labute approximate surface area is 159 Å². The molecule has 0 unspecified atom stereocenters. The smallest absolute Gasteiger partial charge is 0.437 e. The van der Waals surface area contributed by atoms with Gasteiger partial charge < -0.3 is 18.6 Å². The highest BCUT2D eigenvalue weighted by Crippen LogP contribution is 2.14. The first-order chi connectivity index (χ1) is 13.6. The number of rotatable bonds is 4. The Morgan fingerprint density at radius 1 is 0.964 bits per heavy atom. The first-order valence-electron chi connectivity index (χ1n) is 8.86. The fourth-order valence-corrected chi connectivity index (χ4v) is 3.05. The molecular formula is C19H18N4O5. The van der Waals surface area contributed by atoms with Crippen LogP contribution in [0.3, 0.4) is 0 Å². The lowest BCUT2D eigenvalue weighted by Gasteiger charge is -2.34. The van der Waals surface area contributed by atoms with Crippen LogP contribution in [-0.2, 0) is 11.3 Å². The normalized spacial score (nSPS) is 14.3. The SMILES string of the molecule is O=C(Cn1nc(-c2ccccc2)oc1=O)N1CCN(C(=O)c2ccco2)CC1. The maximum absolute atomic E-state index is 12.5. The summed E-state index contributed by atoms with van der Waals surface area (Å²) in [6.07, 6.45) is 1.45. The number of piperazine rings is 1. The van der Waals surface area contributed by atoms with Crippen LogP contribution in [-0.4, -0.2) is 57.6 Å². The van der Waals surface area contributed by atoms with Crippen LogP contribution in [0.25, 0.3) is 11.5 Å². The van der Waals surface area contributed by atoms with Gasteiger partial charge >= 0.3 is 5.76 Å². The number of hydrogen-bond acceptors (Lipinski definition) is 6. The minimum Gasteiger partial charge on any atom is -0.459 e. The van der Waals surface area contributed by atoms with Crippen molar-refractivity contribution in [3.8, 4) is 11.5 Å². The van der Waals surface area contributed by atoms with Crippen LogP contribution in [0.15, 0.2) is 62.4 Å². The van der Waals surface area contributed by atoms with E-state index in [1.807, 2.05) is 18.2 Å². The van der Waals surface area contributed by atoms with E-state index in [1.165, 1.54) is 6.26 Å². The third-order valence-electron chi connectivity index (χ3n) is 4.56. The number of furan rings is 1. The molecule has 1 aliphatic heterocycles. The number of nitrogens with zero attached hydrogens (tertiary/aromatic N) is 4. The van der Waals surface area contributed by atoms with E-state index < -0.39 is 5.76 Å². The molecule has 0 saturated carbocycles. The molecule has 3 heterocycles. The lowest BCUT2D eigenvalue weighted by Crippen LogP contribution is -2.51. The molecule has 0 bridgehead atoms. The molecule has 9 heteroatoms. The monoisotopic (exact) mass is 382 g/mol. The lowest BCUT2D eigenvalue weighted by molar-refractivity contribution is -0.133. The third kappa shape index (κ3) is 3.59. The van der Waals surface area contributed by atoms with Crippen molar-refractivity contribution in [3.05, 3.63) is 65.0 Å². The van der Waals surface area contributed by atoms with Crippen LogP contribution >= 0.6 is 0 Å². The second kappa shape index (κ2) is 7.55. The average Bonchev–Trinajstić information content (AvgIpc) is 3.39. The number of carbonyl (C=O) groups excluding carboxylic acids is 2. The minimum absolute atomic E-state index is 0.173. The molecule has 0 N–H and O–H groups in total. The van der Waals surface area contributed by atoms with Gasteiger partial charge in [0.15, 0.2) is 5.76 Å². The van der Waals surface area contributed by atoms with Crippen molar-refractivity contribution in [3.63, 3.8) is 0 Å². The molecule has 1 fully saturated rings. The summed E-state index contributed by atoms with van der Waals surface area (Å²) < 4.78 is 11.3. The molecule has 0 spiro atoms. The van der Waals surface area contributed by atoms with Gasteiger partial charge in [0.25, 0.3) is 5.91 Å². The van der Waals surface area contributed by atoms with E-state index in [0.29, 0.717) is 31.7 Å². The summed E-state index contributed by atoms with van der Waals surface area (Å²) in [6, 6.07) is 12.3. The lowest BCUT2D eigenvalue weighted by atomic mass is 10.2. The summed E-state index contributed by atoms with van der Waals surface area (Å²) in [5, 5.41) is 4.10. The largest absolute Gasteiger partial charge is 0.459 e. The highest BCUT2D eigenvalue weighted by molar-refractivity contribution is 5.91. The van der Waals surface area contributed by atoms with Crippen LogP contribution < -0.4 is 5.76 Å². The molecule has 4 rings (SSSR count). The summed E-state index contributed by atoms with van der Waals surface area (Å²) in [6.45, 7) is 1.34. The van der Waals surface area contributed by atoms with Crippen LogP contribution in [0.2, 0.25) is 0 Å². The number of carbonyl (C=O) groups is 2. The molecule has 0 aliphatic carbocycles. The molecule has 28 heavy (non-hydrogen) atoms. The number of hydrogen-bond donors (Lipinski definition) is 0. The second-order valence-electron chi connectivity index (χ2n) is 6.35. The molecule has 9 nitrogen and oxygen atoms in total. The van der Waals surface area contributed by atoms with E-state index in [4.69, 9.17) is 8.83 Å². The summed E-state index contributed by atoms with van der Waals surface area (Å²) in [7, 11) is 0. The number of aromatic nitrogens is 2. The molecule has 1 aromatic carbocycles. The predicted molar refractivity (Wildman–Crippen MR) is 97.4 cm³/mol. The van der Waals surface area contributed by atoms with E-state index in [9.17, 15) is 14.4 Å². The maximum atomic E-state index is 12.5. The van der Waals surface area contributed by atoms with Crippen molar-refractivity contribution >= 4 is 11.8 Å². The van der Waals surface area contributed by atoms with Gasteiger partial charge in [-0.25, -0.2) is 4.79 Å².